The molecule has 1 amide bonds. The molecule has 9 heteroatoms. The van der Waals surface area contributed by atoms with Gasteiger partial charge in [0.1, 0.15) is 16.3 Å². The Morgan fingerprint density at radius 3 is 2.86 bits per heavy atom. The molecule has 0 radical (unpaired) electrons. The minimum absolute atomic E-state index is 0.0398. The number of amides is 1. The van der Waals surface area contributed by atoms with Gasteiger partial charge >= 0.3 is 5.97 Å². The number of hydrogen-bond acceptors (Lipinski definition) is 6. The quantitative estimate of drug-likeness (QED) is 0.604. The Hall–Kier alpha value is -3.07. The molecule has 29 heavy (non-hydrogen) atoms. The van der Waals surface area contributed by atoms with E-state index in [-0.39, 0.29) is 18.5 Å². The van der Waals surface area contributed by atoms with Gasteiger partial charge in [-0.2, -0.15) is 0 Å². The number of rotatable bonds is 4. The third-order valence-corrected chi connectivity index (χ3v) is 5.66. The molecule has 4 rings (SSSR count). The second kappa shape index (κ2) is 7.40. The largest absolute Gasteiger partial charge is 0.478 e. The number of halogens is 2. The predicted molar refractivity (Wildman–Crippen MR) is 103 cm³/mol. The van der Waals surface area contributed by atoms with Crippen molar-refractivity contribution in [2.24, 2.45) is 0 Å². The number of hydrogen-bond donors (Lipinski definition) is 0. The van der Waals surface area contributed by atoms with Crippen molar-refractivity contribution in [3.63, 3.8) is 0 Å². The lowest BCUT2D eigenvalue weighted by molar-refractivity contribution is -0.145. The summed E-state index contributed by atoms with van der Waals surface area (Å²) >= 11 is 1.17. The van der Waals surface area contributed by atoms with Crippen LogP contribution in [0.4, 0.5) is 14.5 Å². The van der Waals surface area contributed by atoms with Crippen molar-refractivity contribution in [1.82, 2.24) is 4.98 Å². The van der Waals surface area contributed by atoms with Crippen LogP contribution in [0.15, 0.2) is 30.3 Å². The molecular formula is C20H16F2N2O4S. The number of ether oxygens (including phenoxy) is 2. The van der Waals surface area contributed by atoms with E-state index in [1.54, 1.807) is 12.1 Å². The molecule has 0 N–H and O–H groups in total. The summed E-state index contributed by atoms with van der Waals surface area (Å²) in [7, 11) is 1.24. The van der Waals surface area contributed by atoms with Crippen molar-refractivity contribution in [2.45, 2.75) is 26.0 Å². The lowest BCUT2D eigenvalue weighted by atomic mass is 10.1. The molecule has 1 aliphatic rings. The van der Waals surface area contributed by atoms with Gasteiger partial charge in [0, 0.05) is 0 Å². The molecule has 2 aromatic carbocycles. The Morgan fingerprint density at radius 1 is 1.31 bits per heavy atom. The Balaban J connectivity index is 1.74. The molecule has 0 aliphatic carbocycles. The summed E-state index contributed by atoms with van der Waals surface area (Å²) in [6, 6.07) is 7.82. The van der Waals surface area contributed by atoms with Gasteiger partial charge in [-0.3, -0.25) is 14.5 Å². The molecule has 1 unspecified atom stereocenters. The van der Waals surface area contributed by atoms with E-state index in [1.807, 2.05) is 13.0 Å². The van der Waals surface area contributed by atoms with E-state index in [1.165, 1.54) is 29.4 Å². The van der Waals surface area contributed by atoms with Crippen LogP contribution in [0, 0.1) is 18.6 Å². The molecule has 2 heterocycles. The van der Waals surface area contributed by atoms with Crippen LogP contribution in [0.5, 0.6) is 5.75 Å². The van der Waals surface area contributed by atoms with Crippen LogP contribution in [0.25, 0.3) is 10.2 Å². The maximum absolute atomic E-state index is 14.0. The number of esters is 1. The zero-order valence-electron chi connectivity index (χ0n) is 15.6. The minimum atomic E-state index is -1.04. The van der Waals surface area contributed by atoms with Crippen molar-refractivity contribution in [2.75, 3.05) is 12.0 Å². The summed E-state index contributed by atoms with van der Waals surface area (Å²) in [4.78, 5) is 30.4. The van der Waals surface area contributed by atoms with Crippen molar-refractivity contribution in [1.29, 1.82) is 0 Å². The highest BCUT2D eigenvalue weighted by molar-refractivity contribution is 7.18. The van der Waals surface area contributed by atoms with E-state index >= 15 is 0 Å². The van der Waals surface area contributed by atoms with Gasteiger partial charge in [-0.05, 0) is 30.7 Å². The van der Waals surface area contributed by atoms with Crippen molar-refractivity contribution in [3.8, 4) is 5.75 Å². The number of carbonyl (C=O) groups is 2. The Kier molecular flexibility index (Phi) is 4.91. The van der Waals surface area contributed by atoms with Crippen LogP contribution in [-0.4, -0.2) is 30.1 Å². The van der Waals surface area contributed by atoms with Crippen molar-refractivity contribution in [3.05, 3.63) is 52.5 Å². The standard InChI is InChI=1S/C20H16F2N2O4S/c1-10-4-3-5-12-19(10)24(20(26)13(28-12)8-16(25)27-2)9-15-23-18-14(29-15)7-6-11(21)17(18)22/h3-7,13H,8-9H2,1-2H3. The summed E-state index contributed by atoms with van der Waals surface area (Å²) in [5, 5.41) is 0.436. The van der Waals surface area contributed by atoms with Gasteiger partial charge in [0.15, 0.2) is 17.7 Å². The van der Waals surface area contributed by atoms with E-state index in [0.717, 1.165) is 11.6 Å². The van der Waals surface area contributed by atoms with Gasteiger partial charge in [-0.1, -0.05) is 12.1 Å². The average Bonchev–Trinajstić information content (AvgIpc) is 3.11. The number of aryl methyl sites for hydroxylation is 1. The highest BCUT2D eigenvalue weighted by Crippen LogP contribution is 2.39. The predicted octanol–water partition coefficient (Wildman–Crippen LogP) is 3.74. The van der Waals surface area contributed by atoms with Crippen LogP contribution < -0.4 is 9.64 Å². The van der Waals surface area contributed by atoms with Gasteiger partial charge in [0.2, 0.25) is 0 Å². The van der Waals surface area contributed by atoms with E-state index in [0.29, 0.717) is 21.1 Å². The SMILES string of the molecule is COC(=O)CC1Oc2cccc(C)c2N(Cc2nc3c(F)c(F)ccc3s2)C1=O. The lowest BCUT2D eigenvalue weighted by Gasteiger charge is -2.34. The summed E-state index contributed by atoms with van der Waals surface area (Å²) < 4.78 is 38.4. The fraction of sp³-hybridized carbons (Fsp3) is 0.250. The monoisotopic (exact) mass is 418 g/mol. The highest BCUT2D eigenvalue weighted by atomic mass is 32.1. The number of aromatic nitrogens is 1. The molecule has 0 saturated heterocycles. The molecule has 0 fully saturated rings. The van der Waals surface area contributed by atoms with Crippen LogP contribution >= 0.6 is 11.3 Å². The lowest BCUT2D eigenvalue weighted by Crippen LogP contribution is -2.46. The molecule has 3 aromatic rings. The Morgan fingerprint density at radius 2 is 2.10 bits per heavy atom. The maximum atomic E-state index is 14.0. The number of methoxy groups -OCH3 is 1. The van der Waals surface area contributed by atoms with E-state index in [2.05, 4.69) is 9.72 Å². The molecule has 1 aromatic heterocycles. The van der Waals surface area contributed by atoms with Gasteiger partial charge in [0.05, 0.1) is 30.5 Å². The zero-order valence-corrected chi connectivity index (χ0v) is 16.4. The molecule has 150 valence electrons. The molecule has 1 aliphatic heterocycles. The van der Waals surface area contributed by atoms with Crippen molar-refractivity contribution < 1.29 is 27.8 Å². The molecule has 0 spiro atoms. The number of nitrogens with zero attached hydrogens (tertiary/aromatic N) is 2. The maximum Gasteiger partial charge on any atom is 0.309 e. The van der Waals surface area contributed by atoms with E-state index in [4.69, 9.17) is 4.74 Å². The average molecular weight is 418 g/mol. The van der Waals surface area contributed by atoms with Gasteiger partial charge < -0.3 is 9.47 Å². The van der Waals surface area contributed by atoms with Crippen LogP contribution in [-0.2, 0) is 20.9 Å². The topological polar surface area (TPSA) is 68.7 Å². The number of anilines is 1. The van der Waals surface area contributed by atoms with Crippen LogP contribution in [0.3, 0.4) is 0 Å². The van der Waals surface area contributed by atoms with E-state index < -0.39 is 29.6 Å². The van der Waals surface area contributed by atoms with Crippen LogP contribution in [0.1, 0.15) is 17.0 Å². The number of fused-ring (bicyclic) bond motifs is 2. The number of carbonyl (C=O) groups excluding carboxylic acids is 2. The van der Waals surface area contributed by atoms with Crippen molar-refractivity contribution >= 4 is 39.1 Å². The molecule has 1 atom stereocenters. The first-order valence-corrected chi connectivity index (χ1v) is 9.58. The normalized spacial score (nSPS) is 15.9. The van der Waals surface area contributed by atoms with Gasteiger partial charge in [-0.25, -0.2) is 13.8 Å². The second-order valence-corrected chi connectivity index (χ2v) is 7.66. The highest BCUT2D eigenvalue weighted by Gasteiger charge is 2.37. The number of thiazole rings is 1. The first-order chi connectivity index (χ1) is 13.9. The molecular weight excluding hydrogens is 402 g/mol. The first kappa shape index (κ1) is 19.3. The Labute approximate surface area is 168 Å². The third-order valence-electron chi connectivity index (χ3n) is 4.65. The number of para-hydroxylation sites is 1. The minimum Gasteiger partial charge on any atom is -0.478 e. The summed E-state index contributed by atoms with van der Waals surface area (Å²) in [6.07, 6.45) is -1.28. The fourth-order valence-electron chi connectivity index (χ4n) is 3.27. The summed E-state index contributed by atoms with van der Waals surface area (Å²) in [5.74, 6) is -2.54. The van der Waals surface area contributed by atoms with Gasteiger partial charge in [-0.15, -0.1) is 11.3 Å². The van der Waals surface area contributed by atoms with Crippen LogP contribution in [0.2, 0.25) is 0 Å². The summed E-state index contributed by atoms with van der Waals surface area (Å²) in [5.41, 5.74) is 1.29. The third kappa shape index (κ3) is 3.42. The Bertz CT molecular complexity index is 1130. The zero-order chi connectivity index (χ0) is 20.7. The van der Waals surface area contributed by atoms with E-state index in [9.17, 15) is 18.4 Å². The fourth-order valence-corrected chi connectivity index (χ4v) is 4.22. The molecule has 0 bridgehead atoms. The molecule has 6 nitrogen and oxygen atoms in total. The number of benzene rings is 2. The van der Waals surface area contributed by atoms with Gasteiger partial charge in [0.25, 0.3) is 5.91 Å². The smallest absolute Gasteiger partial charge is 0.309 e. The first-order valence-electron chi connectivity index (χ1n) is 8.77. The summed E-state index contributed by atoms with van der Waals surface area (Å²) in [6.45, 7) is 1.87. The second-order valence-electron chi connectivity index (χ2n) is 6.55. The molecule has 0 saturated carbocycles.